The van der Waals surface area contributed by atoms with Crippen LogP contribution in [0.25, 0.3) is 22.0 Å². The monoisotopic (exact) mass is 466 g/mol. The molecule has 0 spiro atoms. The quantitative estimate of drug-likeness (QED) is 0.301. The number of rotatable bonds is 5. The van der Waals surface area contributed by atoms with E-state index in [1.165, 1.54) is 0 Å². The van der Waals surface area contributed by atoms with Gasteiger partial charge in [-0.25, -0.2) is 4.98 Å². The van der Waals surface area contributed by atoms with Crippen molar-refractivity contribution in [3.8, 4) is 22.0 Å². The summed E-state index contributed by atoms with van der Waals surface area (Å²) >= 11 is 21.5. The fourth-order valence-corrected chi connectivity index (χ4v) is 4.94. The highest BCUT2D eigenvalue weighted by Gasteiger charge is 2.14. The predicted molar refractivity (Wildman–Crippen MR) is 119 cm³/mol. The van der Waals surface area contributed by atoms with E-state index < -0.39 is 0 Å². The lowest BCUT2D eigenvalue weighted by Gasteiger charge is -2.04. The lowest BCUT2D eigenvalue weighted by atomic mass is 10.2. The van der Waals surface area contributed by atoms with Crippen molar-refractivity contribution in [2.75, 3.05) is 0 Å². The molecule has 0 saturated heterocycles. The van der Waals surface area contributed by atoms with Crippen molar-refractivity contribution in [3.05, 3.63) is 68.6 Å². The van der Waals surface area contributed by atoms with Gasteiger partial charge in [0.1, 0.15) is 5.01 Å². The molecule has 0 fully saturated rings. The molecule has 4 nitrogen and oxygen atoms in total. The van der Waals surface area contributed by atoms with Gasteiger partial charge in [-0.15, -0.1) is 21.5 Å². The summed E-state index contributed by atoms with van der Waals surface area (Å²) in [4.78, 5) is 4.70. The van der Waals surface area contributed by atoms with Crippen molar-refractivity contribution < 1.29 is 0 Å². The Morgan fingerprint density at radius 3 is 2.61 bits per heavy atom. The van der Waals surface area contributed by atoms with Gasteiger partial charge in [0.05, 0.1) is 20.8 Å². The fourth-order valence-electron chi connectivity index (χ4n) is 2.60. The summed E-state index contributed by atoms with van der Waals surface area (Å²) in [5, 5.41) is 14.0. The average Bonchev–Trinajstić information content (AvgIpc) is 3.29. The first-order valence-corrected chi connectivity index (χ1v) is 11.2. The second-order valence-corrected chi connectivity index (χ2v) is 8.93. The molecule has 0 bridgehead atoms. The van der Waals surface area contributed by atoms with Crippen LogP contribution in [0.3, 0.4) is 0 Å². The van der Waals surface area contributed by atoms with E-state index in [2.05, 4.69) is 10.2 Å². The maximum Gasteiger partial charge on any atom is 0.191 e. The molecule has 0 atom stereocenters. The Morgan fingerprint density at radius 1 is 1.00 bits per heavy atom. The van der Waals surface area contributed by atoms with Gasteiger partial charge in [-0.3, -0.25) is 0 Å². The first kappa shape index (κ1) is 19.7. The van der Waals surface area contributed by atoms with Crippen LogP contribution in [0.5, 0.6) is 0 Å². The molecule has 0 saturated carbocycles. The van der Waals surface area contributed by atoms with Gasteiger partial charge in [-0.05, 0) is 24.3 Å². The van der Waals surface area contributed by atoms with E-state index in [4.69, 9.17) is 39.8 Å². The first-order valence-electron chi connectivity index (χ1n) is 8.20. The summed E-state index contributed by atoms with van der Waals surface area (Å²) in [5.74, 6) is 1.42. The molecule has 2 heterocycles. The second kappa shape index (κ2) is 8.43. The number of aromatic nitrogens is 4. The third-order valence-electron chi connectivity index (χ3n) is 4.02. The number of halogens is 3. The van der Waals surface area contributed by atoms with E-state index in [1.54, 1.807) is 35.2 Å². The zero-order valence-corrected chi connectivity index (χ0v) is 18.5. The Kier molecular flexibility index (Phi) is 5.94. The van der Waals surface area contributed by atoms with Crippen LogP contribution in [-0.4, -0.2) is 19.7 Å². The molecule has 0 aliphatic carbocycles. The van der Waals surface area contributed by atoms with Crippen LogP contribution in [0.15, 0.2) is 53.0 Å². The fraction of sp³-hybridized carbons (Fsp3) is 0.105. The molecule has 0 aliphatic rings. The van der Waals surface area contributed by atoms with Gasteiger partial charge in [-0.1, -0.05) is 64.8 Å². The topological polar surface area (TPSA) is 43.6 Å². The highest BCUT2D eigenvalue weighted by molar-refractivity contribution is 7.98. The number of thioether (sulfide) groups is 1. The number of thiazole rings is 1. The molecular formula is C19H13Cl3N4S2. The Bertz CT molecular complexity index is 1140. The molecule has 28 heavy (non-hydrogen) atoms. The van der Waals surface area contributed by atoms with Crippen LogP contribution < -0.4 is 0 Å². The first-order chi connectivity index (χ1) is 13.5. The van der Waals surface area contributed by atoms with Crippen LogP contribution in [0.2, 0.25) is 15.1 Å². The van der Waals surface area contributed by atoms with E-state index in [0.29, 0.717) is 20.8 Å². The summed E-state index contributed by atoms with van der Waals surface area (Å²) in [6.45, 7) is 0. The summed E-state index contributed by atoms with van der Waals surface area (Å²) in [7, 11) is 1.93. The van der Waals surface area contributed by atoms with E-state index in [-0.39, 0.29) is 0 Å². The van der Waals surface area contributed by atoms with Crippen molar-refractivity contribution in [1.82, 2.24) is 19.7 Å². The van der Waals surface area contributed by atoms with Crippen molar-refractivity contribution in [3.63, 3.8) is 0 Å². The molecular weight excluding hydrogens is 455 g/mol. The lowest BCUT2D eigenvalue weighted by molar-refractivity contribution is 0.793. The molecule has 0 radical (unpaired) electrons. The Hall–Kier alpha value is -1.57. The zero-order valence-electron chi connectivity index (χ0n) is 14.6. The number of benzene rings is 2. The van der Waals surface area contributed by atoms with Gasteiger partial charge in [0.15, 0.2) is 11.0 Å². The van der Waals surface area contributed by atoms with Crippen molar-refractivity contribution in [2.24, 2.45) is 7.05 Å². The lowest BCUT2D eigenvalue weighted by Crippen LogP contribution is -1.95. The molecule has 2 aromatic heterocycles. The van der Waals surface area contributed by atoms with Crippen LogP contribution in [0.4, 0.5) is 0 Å². The average molecular weight is 468 g/mol. The standard InChI is InChI=1S/C19H13Cl3N4S2/c1-26-17(11-6-7-15(21)16(22)8-11)24-25-19(26)28-10-12-9-27-18(23-12)13-4-2-3-5-14(13)20/h2-9H,10H2,1H3. The molecule has 142 valence electrons. The number of nitrogens with zero attached hydrogens (tertiary/aromatic N) is 4. The van der Waals surface area contributed by atoms with Gasteiger partial charge < -0.3 is 4.57 Å². The van der Waals surface area contributed by atoms with Crippen LogP contribution >= 0.6 is 57.9 Å². The van der Waals surface area contributed by atoms with Crippen LogP contribution in [-0.2, 0) is 12.8 Å². The van der Waals surface area contributed by atoms with Gasteiger partial charge in [0.2, 0.25) is 0 Å². The zero-order chi connectivity index (χ0) is 19.7. The van der Waals surface area contributed by atoms with Gasteiger partial charge in [-0.2, -0.15) is 0 Å². The summed E-state index contributed by atoms with van der Waals surface area (Å²) in [6.07, 6.45) is 0. The number of hydrogen-bond donors (Lipinski definition) is 0. The highest BCUT2D eigenvalue weighted by Crippen LogP contribution is 2.33. The molecule has 0 unspecified atom stereocenters. The minimum Gasteiger partial charge on any atom is -0.305 e. The Morgan fingerprint density at radius 2 is 1.82 bits per heavy atom. The molecule has 9 heteroatoms. The van der Waals surface area contributed by atoms with Crippen LogP contribution in [0.1, 0.15) is 5.69 Å². The van der Waals surface area contributed by atoms with E-state index in [9.17, 15) is 0 Å². The molecule has 2 aromatic carbocycles. The van der Waals surface area contributed by atoms with Gasteiger partial charge in [0, 0.05) is 29.3 Å². The number of hydrogen-bond acceptors (Lipinski definition) is 5. The summed E-state index contributed by atoms with van der Waals surface area (Å²) in [5.41, 5.74) is 2.79. The Labute approximate surface area is 185 Å². The maximum atomic E-state index is 6.27. The smallest absolute Gasteiger partial charge is 0.191 e. The van der Waals surface area contributed by atoms with Crippen molar-refractivity contribution in [1.29, 1.82) is 0 Å². The summed E-state index contributed by atoms with van der Waals surface area (Å²) < 4.78 is 1.94. The van der Waals surface area contributed by atoms with Crippen LogP contribution in [0, 0.1) is 0 Å². The van der Waals surface area contributed by atoms with E-state index in [0.717, 1.165) is 32.8 Å². The minimum absolute atomic E-state index is 0.492. The minimum atomic E-state index is 0.492. The van der Waals surface area contributed by atoms with E-state index >= 15 is 0 Å². The van der Waals surface area contributed by atoms with E-state index in [1.807, 2.05) is 47.3 Å². The normalized spacial score (nSPS) is 11.1. The van der Waals surface area contributed by atoms with Gasteiger partial charge >= 0.3 is 0 Å². The van der Waals surface area contributed by atoms with Gasteiger partial charge in [0.25, 0.3) is 0 Å². The SMILES string of the molecule is Cn1c(SCc2csc(-c3ccccc3Cl)n2)nnc1-c1ccc(Cl)c(Cl)c1. The van der Waals surface area contributed by atoms with Crippen molar-refractivity contribution >= 4 is 57.9 Å². The third-order valence-corrected chi connectivity index (χ3v) is 7.06. The van der Waals surface area contributed by atoms with Crippen molar-refractivity contribution in [2.45, 2.75) is 10.9 Å². The molecule has 4 aromatic rings. The third kappa shape index (κ3) is 4.07. The predicted octanol–water partition coefficient (Wildman–Crippen LogP) is 6.86. The highest BCUT2D eigenvalue weighted by atomic mass is 35.5. The molecule has 4 rings (SSSR count). The maximum absolute atomic E-state index is 6.27. The molecule has 0 amide bonds. The summed E-state index contributed by atoms with van der Waals surface area (Å²) in [6, 6.07) is 13.1. The largest absolute Gasteiger partial charge is 0.305 e. The second-order valence-electron chi connectivity index (χ2n) is 5.91. The Balaban J connectivity index is 1.50. The molecule has 0 N–H and O–H groups in total. The molecule has 0 aliphatic heterocycles.